The van der Waals surface area contributed by atoms with Crippen molar-refractivity contribution in [2.45, 2.75) is 51.5 Å². The maximum Gasteiger partial charge on any atom is 0.320 e. The van der Waals surface area contributed by atoms with Gasteiger partial charge in [0, 0.05) is 19.8 Å². The number of methoxy groups -OCH3 is 1. The van der Waals surface area contributed by atoms with Gasteiger partial charge in [-0.3, -0.25) is 4.57 Å². The van der Waals surface area contributed by atoms with Gasteiger partial charge >= 0.3 is 6.01 Å². The first-order chi connectivity index (χ1) is 13.2. The Morgan fingerprint density at radius 2 is 1.85 bits per heavy atom. The van der Waals surface area contributed by atoms with E-state index in [1.54, 1.807) is 7.11 Å². The van der Waals surface area contributed by atoms with Gasteiger partial charge in [-0.25, -0.2) is 0 Å². The number of nitrogens with two attached hydrogens (primary N) is 1. The molecule has 0 aromatic carbocycles. The van der Waals surface area contributed by atoms with Crippen LogP contribution in [-0.2, 0) is 11.3 Å². The topological polar surface area (TPSA) is 97.3 Å². The molecule has 2 aromatic heterocycles. The van der Waals surface area contributed by atoms with Crippen molar-refractivity contribution in [1.82, 2.24) is 19.5 Å². The Morgan fingerprint density at radius 1 is 1.07 bits per heavy atom. The molecule has 27 heavy (non-hydrogen) atoms. The second kappa shape index (κ2) is 8.29. The summed E-state index contributed by atoms with van der Waals surface area (Å²) in [5, 5.41) is 0. The Bertz CT molecular complexity index is 768. The summed E-state index contributed by atoms with van der Waals surface area (Å²) in [5.74, 6) is 1.88. The highest BCUT2D eigenvalue weighted by Crippen LogP contribution is 2.32. The molecule has 1 saturated carbocycles. The number of anilines is 1. The number of nitrogens with zero attached hydrogens (tertiary/aromatic N) is 4. The van der Waals surface area contributed by atoms with E-state index in [2.05, 4.69) is 15.0 Å². The predicted octanol–water partition coefficient (Wildman–Crippen LogP) is 2.80. The monoisotopic (exact) mass is 375 g/mol. The molecule has 8 heteroatoms. The van der Waals surface area contributed by atoms with Crippen molar-refractivity contribution < 1.29 is 14.2 Å². The Balaban J connectivity index is 1.47. The molecular weight excluding hydrogens is 346 g/mol. The van der Waals surface area contributed by atoms with E-state index < -0.39 is 0 Å². The summed E-state index contributed by atoms with van der Waals surface area (Å²) >= 11 is 0. The first kappa shape index (κ1) is 18.3. The van der Waals surface area contributed by atoms with Crippen LogP contribution in [-0.4, -0.2) is 46.4 Å². The third kappa shape index (κ3) is 4.43. The van der Waals surface area contributed by atoms with Crippen LogP contribution in [0.3, 0.4) is 0 Å². The van der Waals surface area contributed by atoms with E-state index in [1.165, 1.54) is 12.8 Å². The van der Waals surface area contributed by atoms with E-state index in [0.29, 0.717) is 35.6 Å². The lowest BCUT2D eigenvalue weighted by atomic mass is 9.95. The molecule has 1 aliphatic heterocycles. The number of nitrogen functional groups attached to an aromatic ring is 1. The first-order valence-corrected chi connectivity index (χ1v) is 10.0. The molecule has 2 aromatic rings. The molecule has 0 radical (unpaired) electrons. The third-order valence-electron chi connectivity index (χ3n) is 5.54. The minimum Gasteiger partial charge on any atom is -0.468 e. The number of imidazole rings is 1. The van der Waals surface area contributed by atoms with Crippen molar-refractivity contribution in [2.75, 3.05) is 32.7 Å². The maximum atomic E-state index is 6.11. The molecule has 2 N–H and O–H groups in total. The smallest absolute Gasteiger partial charge is 0.320 e. The largest absolute Gasteiger partial charge is 0.468 e. The maximum absolute atomic E-state index is 6.11. The molecule has 3 heterocycles. The van der Waals surface area contributed by atoms with Crippen molar-refractivity contribution in [1.29, 1.82) is 0 Å². The van der Waals surface area contributed by atoms with Crippen molar-refractivity contribution in [2.24, 2.45) is 11.8 Å². The lowest BCUT2D eigenvalue weighted by Gasteiger charge is -2.21. The molecule has 4 rings (SSSR count). The second-order valence-electron chi connectivity index (χ2n) is 7.59. The molecular formula is C19H29N5O3. The Labute approximate surface area is 159 Å². The summed E-state index contributed by atoms with van der Waals surface area (Å²) in [6, 6.07) is 0.849. The molecule has 0 spiro atoms. The SMILES string of the molecule is COc1nc2c(N)nc(OCCC3CC3)nc2n1CCCC1CCOCC1. The average Bonchev–Trinajstić information content (AvgIpc) is 3.43. The number of hydrogen-bond donors (Lipinski definition) is 1. The van der Waals surface area contributed by atoms with Crippen LogP contribution in [0.25, 0.3) is 11.2 Å². The summed E-state index contributed by atoms with van der Waals surface area (Å²) in [5.41, 5.74) is 7.37. The Morgan fingerprint density at radius 3 is 2.59 bits per heavy atom. The van der Waals surface area contributed by atoms with Gasteiger partial charge in [0.2, 0.25) is 0 Å². The highest BCUT2D eigenvalue weighted by molar-refractivity contribution is 5.83. The lowest BCUT2D eigenvalue weighted by Crippen LogP contribution is -2.16. The molecule has 1 aliphatic carbocycles. The molecule has 0 bridgehead atoms. The predicted molar refractivity (Wildman–Crippen MR) is 102 cm³/mol. The normalized spacial score (nSPS) is 18.1. The third-order valence-corrected chi connectivity index (χ3v) is 5.54. The minimum absolute atomic E-state index is 0.328. The lowest BCUT2D eigenvalue weighted by molar-refractivity contribution is 0.0629. The molecule has 8 nitrogen and oxygen atoms in total. The van der Waals surface area contributed by atoms with Crippen LogP contribution in [0.1, 0.15) is 44.9 Å². The van der Waals surface area contributed by atoms with Gasteiger partial charge in [0.25, 0.3) is 6.01 Å². The number of rotatable bonds is 9. The summed E-state index contributed by atoms with van der Waals surface area (Å²) in [4.78, 5) is 13.3. The Kier molecular flexibility index (Phi) is 5.61. The number of hydrogen-bond acceptors (Lipinski definition) is 7. The fourth-order valence-electron chi connectivity index (χ4n) is 3.70. The van der Waals surface area contributed by atoms with Gasteiger partial charge in [0.05, 0.1) is 13.7 Å². The standard InChI is InChI=1S/C19H29N5O3/c1-25-19-21-15-16(20)22-18(27-12-8-14-4-5-14)23-17(15)24(19)9-2-3-13-6-10-26-11-7-13/h13-14H,2-12H2,1H3,(H2,20,22,23). The zero-order valence-corrected chi connectivity index (χ0v) is 16.0. The van der Waals surface area contributed by atoms with Crippen molar-refractivity contribution in [3.63, 3.8) is 0 Å². The minimum atomic E-state index is 0.328. The molecule has 148 valence electrons. The zero-order chi connectivity index (χ0) is 18.6. The summed E-state index contributed by atoms with van der Waals surface area (Å²) < 4.78 is 18.6. The molecule has 0 amide bonds. The van der Waals surface area contributed by atoms with Gasteiger partial charge in [0.1, 0.15) is 0 Å². The van der Waals surface area contributed by atoms with Crippen LogP contribution in [0.4, 0.5) is 5.82 Å². The van der Waals surface area contributed by atoms with Gasteiger partial charge in [-0.2, -0.15) is 15.0 Å². The number of ether oxygens (including phenoxy) is 3. The molecule has 0 unspecified atom stereocenters. The fourth-order valence-corrected chi connectivity index (χ4v) is 3.70. The summed E-state index contributed by atoms with van der Waals surface area (Å²) in [7, 11) is 1.62. The van der Waals surface area contributed by atoms with Crippen LogP contribution in [0, 0.1) is 11.8 Å². The fraction of sp³-hybridized carbons (Fsp3) is 0.737. The van der Waals surface area contributed by atoms with Gasteiger partial charge in [-0.05, 0) is 43.9 Å². The molecule has 0 atom stereocenters. The van der Waals surface area contributed by atoms with E-state index in [-0.39, 0.29) is 0 Å². The van der Waals surface area contributed by atoms with Gasteiger partial charge in [-0.1, -0.05) is 12.8 Å². The van der Waals surface area contributed by atoms with Crippen LogP contribution in [0.2, 0.25) is 0 Å². The van der Waals surface area contributed by atoms with Crippen molar-refractivity contribution >= 4 is 17.0 Å². The zero-order valence-electron chi connectivity index (χ0n) is 16.0. The molecule has 2 aliphatic rings. The van der Waals surface area contributed by atoms with E-state index in [0.717, 1.165) is 63.7 Å². The number of fused-ring (bicyclic) bond motifs is 1. The molecule has 2 fully saturated rings. The second-order valence-corrected chi connectivity index (χ2v) is 7.59. The van der Waals surface area contributed by atoms with Gasteiger partial charge in [-0.15, -0.1) is 0 Å². The van der Waals surface area contributed by atoms with Crippen LogP contribution >= 0.6 is 0 Å². The number of aromatic nitrogens is 4. The highest BCUT2D eigenvalue weighted by atomic mass is 16.5. The quantitative estimate of drug-likeness (QED) is 0.719. The summed E-state index contributed by atoms with van der Waals surface area (Å²) in [6.07, 6.45) is 8.16. The van der Waals surface area contributed by atoms with E-state index >= 15 is 0 Å². The van der Waals surface area contributed by atoms with E-state index in [1.807, 2.05) is 4.57 Å². The van der Waals surface area contributed by atoms with Crippen molar-refractivity contribution in [3.8, 4) is 12.0 Å². The van der Waals surface area contributed by atoms with Crippen LogP contribution < -0.4 is 15.2 Å². The van der Waals surface area contributed by atoms with Gasteiger partial charge < -0.3 is 19.9 Å². The van der Waals surface area contributed by atoms with Crippen LogP contribution in [0.5, 0.6) is 12.0 Å². The van der Waals surface area contributed by atoms with Crippen molar-refractivity contribution in [3.05, 3.63) is 0 Å². The average molecular weight is 375 g/mol. The van der Waals surface area contributed by atoms with E-state index in [4.69, 9.17) is 19.9 Å². The van der Waals surface area contributed by atoms with Gasteiger partial charge in [0.15, 0.2) is 17.0 Å². The van der Waals surface area contributed by atoms with Crippen LogP contribution in [0.15, 0.2) is 0 Å². The Hall–Kier alpha value is -2.09. The van der Waals surface area contributed by atoms with E-state index in [9.17, 15) is 0 Å². The molecule has 1 saturated heterocycles. The first-order valence-electron chi connectivity index (χ1n) is 10.0. The summed E-state index contributed by atoms with van der Waals surface area (Å²) in [6.45, 7) is 3.18. The highest BCUT2D eigenvalue weighted by Gasteiger charge is 2.22. The number of aryl methyl sites for hydroxylation is 1.